The quantitative estimate of drug-likeness (QED) is 0.259. The van der Waals surface area contributed by atoms with E-state index in [9.17, 15) is 35.4 Å². The van der Waals surface area contributed by atoms with Crippen LogP contribution in [0.25, 0.3) is 0 Å². The van der Waals surface area contributed by atoms with Crippen LogP contribution in [-0.2, 0) is 4.79 Å². The molecule has 0 spiro atoms. The normalized spacial score (nSPS) is 45.4. The van der Waals surface area contributed by atoms with Crippen molar-refractivity contribution >= 4 is 5.91 Å². The molecule has 36 heavy (non-hydrogen) atoms. The largest absolute Gasteiger partial charge is 0.394 e. The van der Waals surface area contributed by atoms with Crippen LogP contribution in [0.2, 0.25) is 0 Å². The number of carbonyl (C=O) groups is 1. The summed E-state index contributed by atoms with van der Waals surface area (Å²) >= 11 is 0. The van der Waals surface area contributed by atoms with E-state index in [2.05, 4.69) is 26.1 Å². The van der Waals surface area contributed by atoms with Crippen molar-refractivity contribution in [3.05, 3.63) is 0 Å². The van der Waals surface area contributed by atoms with Crippen molar-refractivity contribution in [2.24, 2.45) is 46.3 Å². The number of hydrogen-bond acceptors (Lipinski definition) is 7. The Morgan fingerprint density at radius 3 is 2.28 bits per heavy atom. The molecule has 0 unspecified atom stereocenters. The molecule has 4 rings (SSSR count). The molecule has 4 fully saturated rings. The lowest BCUT2D eigenvalue weighted by Crippen LogP contribution is -2.62. The van der Waals surface area contributed by atoms with E-state index in [0.29, 0.717) is 18.8 Å². The van der Waals surface area contributed by atoms with Crippen molar-refractivity contribution in [1.29, 1.82) is 0 Å². The van der Waals surface area contributed by atoms with E-state index in [-0.39, 0.29) is 58.9 Å². The molecule has 0 heterocycles. The summed E-state index contributed by atoms with van der Waals surface area (Å²) < 4.78 is 0. The predicted octanol–water partition coefficient (Wildman–Crippen LogP) is 1.20. The van der Waals surface area contributed by atoms with Gasteiger partial charge in [-0.1, -0.05) is 20.8 Å². The Kier molecular flexibility index (Phi) is 8.17. The third kappa shape index (κ3) is 4.54. The first kappa shape index (κ1) is 28.2. The van der Waals surface area contributed by atoms with Gasteiger partial charge in [-0.05, 0) is 97.7 Å². The molecule has 4 aliphatic rings. The van der Waals surface area contributed by atoms with Crippen LogP contribution in [0, 0.1) is 46.3 Å². The van der Waals surface area contributed by atoms with Gasteiger partial charge in [-0.2, -0.15) is 0 Å². The first-order valence-corrected chi connectivity index (χ1v) is 14.1. The van der Waals surface area contributed by atoms with Crippen molar-refractivity contribution < 1.29 is 35.4 Å². The maximum absolute atomic E-state index is 12.6. The lowest BCUT2D eigenvalue weighted by Gasteiger charge is -2.63. The highest BCUT2D eigenvalue weighted by Crippen LogP contribution is 2.68. The second kappa shape index (κ2) is 10.4. The summed E-state index contributed by atoms with van der Waals surface area (Å²) in [6.45, 7) is 5.05. The third-order valence-corrected chi connectivity index (χ3v) is 11.7. The van der Waals surface area contributed by atoms with Gasteiger partial charge in [0.2, 0.25) is 5.91 Å². The van der Waals surface area contributed by atoms with E-state index in [0.717, 1.165) is 38.5 Å². The van der Waals surface area contributed by atoms with Gasteiger partial charge in [0.25, 0.3) is 0 Å². The highest BCUT2D eigenvalue weighted by Gasteiger charge is 2.65. The van der Waals surface area contributed by atoms with E-state index in [1.165, 1.54) is 0 Å². The number of fused-ring (bicyclic) bond motifs is 5. The smallest absolute Gasteiger partial charge is 0.220 e. The SMILES string of the molecule is C[C@H](CCC(=O)NC(CO)(CO)CO)[C@H]1CC[C@H]2[C@@H]3[C@H](O)C[C@@H]4C[C@H](O)CC[C@]4(C)[C@H]3C[C@H](O)[C@]12C. The molecule has 4 aliphatic carbocycles. The number of aliphatic hydroxyl groups is 6. The van der Waals surface area contributed by atoms with Crippen LogP contribution in [0.4, 0.5) is 0 Å². The van der Waals surface area contributed by atoms with E-state index in [4.69, 9.17) is 0 Å². The maximum Gasteiger partial charge on any atom is 0.220 e. The third-order valence-electron chi connectivity index (χ3n) is 11.7. The highest BCUT2D eigenvalue weighted by atomic mass is 16.3. The van der Waals surface area contributed by atoms with Gasteiger partial charge < -0.3 is 36.0 Å². The molecule has 0 aliphatic heterocycles. The van der Waals surface area contributed by atoms with Crippen molar-refractivity contribution in [3.8, 4) is 0 Å². The molecule has 8 heteroatoms. The Morgan fingerprint density at radius 1 is 0.972 bits per heavy atom. The number of aliphatic hydroxyl groups excluding tert-OH is 6. The van der Waals surface area contributed by atoms with Crippen molar-refractivity contribution in [3.63, 3.8) is 0 Å². The molecule has 0 saturated heterocycles. The first-order chi connectivity index (χ1) is 17.0. The molecular weight excluding hydrogens is 462 g/mol. The molecule has 0 aromatic heterocycles. The van der Waals surface area contributed by atoms with Crippen LogP contribution >= 0.6 is 0 Å². The number of hydrogen-bond donors (Lipinski definition) is 7. The summed E-state index contributed by atoms with van der Waals surface area (Å²) in [5.74, 6) is 1.05. The lowest BCUT2D eigenvalue weighted by molar-refractivity contribution is -0.207. The van der Waals surface area contributed by atoms with Crippen LogP contribution in [0.3, 0.4) is 0 Å². The Bertz CT molecular complexity index is 782. The predicted molar refractivity (Wildman–Crippen MR) is 135 cm³/mol. The standard InChI is InChI=1S/C28H49NO7/c1-16(4-7-24(36)29-28(13-30,14-31)15-32)19-5-6-20-25-21(12-23(35)27(19,20)3)26(2)9-8-18(33)10-17(26)11-22(25)34/h16-23,25,30-35H,4-15H2,1-3H3,(H,29,36)/t16-,17+,18-,19-,20+,21+,22-,23+,25+,26+,27-/m1/s1. The fraction of sp³-hybridized carbons (Fsp3) is 0.964. The Labute approximate surface area is 215 Å². The molecule has 11 atom stereocenters. The number of rotatable bonds is 8. The molecule has 0 bridgehead atoms. The van der Waals surface area contributed by atoms with E-state index >= 15 is 0 Å². The van der Waals surface area contributed by atoms with Gasteiger partial charge in [-0.15, -0.1) is 0 Å². The number of nitrogens with one attached hydrogen (secondary N) is 1. The lowest BCUT2D eigenvalue weighted by atomic mass is 9.43. The van der Waals surface area contributed by atoms with Crippen molar-refractivity contribution in [1.82, 2.24) is 5.32 Å². The van der Waals surface area contributed by atoms with Crippen molar-refractivity contribution in [2.45, 2.75) is 102 Å². The second-order valence-electron chi connectivity index (χ2n) is 13.3. The number of amides is 1. The summed E-state index contributed by atoms with van der Waals surface area (Å²) in [6, 6.07) is 0. The van der Waals surface area contributed by atoms with Gasteiger partial charge >= 0.3 is 0 Å². The molecule has 0 radical (unpaired) electrons. The van der Waals surface area contributed by atoms with Gasteiger partial charge in [0, 0.05) is 6.42 Å². The first-order valence-electron chi connectivity index (χ1n) is 14.1. The van der Waals surface area contributed by atoms with Crippen LogP contribution in [0.1, 0.15) is 78.6 Å². The molecule has 208 valence electrons. The molecule has 1 amide bonds. The van der Waals surface area contributed by atoms with Crippen LogP contribution in [0.15, 0.2) is 0 Å². The number of carbonyl (C=O) groups excluding carboxylic acids is 1. The Morgan fingerprint density at radius 2 is 1.64 bits per heavy atom. The molecule has 7 N–H and O–H groups in total. The molecule has 8 nitrogen and oxygen atoms in total. The van der Waals surface area contributed by atoms with E-state index < -0.39 is 37.6 Å². The zero-order chi connectivity index (χ0) is 26.5. The average molecular weight is 512 g/mol. The fourth-order valence-corrected chi connectivity index (χ4v) is 9.32. The summed E-state index contributed by atoms with van der Waals surface area (Å²) in [5.41, 5.74) is -1.69. The average Bonchev–Trinajstić information content (AvgIpc) is 3.21. The topological polar surface area (TPSA) is 150 Å². The Hall–Kier alpha value is -0.770. The summed E-state index contributed by atoms with van der Waals surface area (Å²) in [6.07, 6.45) is 5.54. The minimum absolute atomic E-state index is 0.0475. The zero-order valence-corrected chi connectivity index (χ0v) is 22.3. The van der Waals surface area contributed by atoms with Crippen LogP contribution in [-0.4, -0.2) is 80.2 Å². The summed E-state index contributed by atoms with van der Waals surface area (Å²) in [4.78, 5) is 12.6. The Balaban J connectivity index is 1.46. The van der Waals surface area contributed by atoms with E-state index in [1.807, 2.05) is 0 Å². The molecule has 4 saturated carbocycles. The maximum atomic E-state index is 12.6. The van der Waals surface area contributed by atoms with Gasteiger partial charge in [-0.25, -0.2) is 0 Å². The van der Waals surface area contributed by atoms with E-state index in [1.54, 1.807) is 0 Å². The van der Waals surface area contributed by atoms with Gasteiger partial charge in [-0.3, -0.25) is 4.79 Å². The monoisotopic (exact) mass is 511 g/mol. The fourth-order valence-electron chi connectivity index (χ4n) is 9.32. The van der Waals surface area contributed by atoms with Gasteiger partial charge in [0.15, 0.2) is 0 Å². The summed E-state index contributed by atoms with van der Waals surface area (Å²) in [7, 11) is 0. The second-order valence-corrected chi connectivity index (χ2v) is 13.3. The highest BCUT2D eigenvalue weighted by molar-refractivity contribution is 5.76. The summed E-state index contributed by atoms with van der Waals surface area (Å²) in [5, 5.41) is 64.4. The molecular formula is C28H49NO7. The van der Waals surface area contributed by atoms with Crippen LogP contribution < -0.4 is 5.32 Å². The van der Waals surface area contributed by atoms with Gasteiger partial charge in [0.05, 0.1) is 38.1 Å². The minimum atomic E-state index is -1.42. The zero-order valence-electron chi connectivity index (χ0n) is 22.3. The molecule has 0 aromatic rings. The molecule has 0 aromatic carbocycles. The van der Waals surface area contributed by atoms with Crippen LogP contribution in [0.5, 0.6) is 0 Å². The van der Waals surface area contributed by atoms with Gasteiger partial charge in [0.1, 0.15) is 5.54 Å². The minimum Gasteiger partial charge on any atom is -0.394 e. The van der Waals surface area contributed by atoms with Crippen molar-refractivity contribution in [2.75, 3.05) is 19.8 Å².